The van der Waals surface area contributed by atoms with Crippen LogP contribution in [0.5, 0.6) is 5.75 Å². The summed E-state index contributed by atoms with van der Waals surface area (Å²) in [7, 11) is -2.89. The fourth-order valence-corrected chi connectivity index (χ4v) is 7.95. The van der Waals surface area contributed by atoms with Crippen LogP contribution in [0.3, 0.4) is 0 Å². The van der Waals surface area contributed by atoms with Gasteiger partial charge in [-0.05, 0) is 62.3 Å². The molecule has 11 nitrogen and oxygen atoms in total. The van der Waals surface area contributed by atoms with Crippen LogP contribution < -0.4 is 15.4 Å². The number of sulfone groups is 1. The number of hydrogen-bond acceptors (Lipinski definition) is 10. The number of nitrogens with two attached hydrogens (primary N) is 1. The molecule has 0 saturated carbocycles. The van der Waals surface area contributed by atoms with E-state index in [-0.39, 0.29) is 5.41 Å². The molecule has 3 N–H and O–H groups in total. The average Bonchev–Trinajstić information content (AvgIpc) is 3.44. The van der Waals surface area contributed by atoms with E-state index in [2.05, 4.69) is 35.3 Å². The molecule has 12 heteroatoms. The van der Waals surface area contributed by atoms with Crippen molar-refractivity contribution in [3.05, 3.63) is 53.6 Å². The number of aromatic amines is 1. The summed E-state index contributed by atoms with van der Waals surface area (Å²) in [5.41, 5.74) is 11.1. The highest BCUT2D eigenvalue weighted by molar-refractivity contribution is 7.91. The Bertz CT molecular complexity index is 1570. The van der Waals surface area contributed by atoms with E-state index in [9.17, 15) is 8.42 Å². The van der Waals surface area contributed by atoms with Crippen LogP contribution in [0, 0.1) is 19.3 Å². The summed E-state index contributed by atoms with van der Waals surface area (Å²) in [5, 5.41) is 16.5. The quantitative estimate of drug-likeness (QED) is 0.365. The fourth-order valence-electron chi connectivity index (χ4n) is 5.70. The summed E-state index contributed by atoms with van der Waals surface area (Å²) in [6.07, 6.45) is 7.00. The molecule has 1 spiro atoms. The molecule has 4 aromatic rings. The van der Waals surface area contributed by atoms with Crippen molar-refractivity contribution in [1.82, 2.24) is 30.4 Å². The van der Waals surface area contributed by atoms with Crippen LogP contribution in [0.1, 0.15) is 42.3 Å². The highest BCUT2D eigenvalue weighted by Gasteiger charge is 2.44. The number of nitrogens with zero attached hydrogens (tertiary/aromatic N) is 6. The second kappa shape index (κ2) is 9.28. The van der Waals surface area contributed by atoms with Crippen molar-refractivity contribution in [1.29, 1.82) is 0 Å². The van der Waals surface area contributed by atoms with Gasteiger partial charge in [-0.3, -0.25) is 10.8 Å². The van der Waals surface area contributed by atoms with E-state index in [1.165, 1.54) is 0 Å². The lowest BCUT2D eigenvalue weighted by atomic mass is 9.78. The standard InChI is InChI=1S/C26H30N8O3S/c1-16-12-30-31-17(2)22(16)24(27)37-19-3-4-21-20(11-19)23(33-32-21)18-13-28-25(29-14-18)34-8-5-26(6-9-34)7-10-38(35,36)15-26/h3-4,11-14,24H,5-10,15,27H2,1-2H3,(H,32,33)/t24-/m0/s1. The van der Waals surface area contributed by atoms with E-state index in [1.54, 1.807) is 18.6 Å². The molecule has 0 amide bonds. The number of anilines is 1. The maximum atomic E-state index is 12.0. The molecule has 1 aromatic carbocycles. The maximum Gasteiger partial charge on any atom is 0.225 e. The molecule has 5 heterocycles. The lowest BCUT2D eigenvalue weighted by Gasteiger charge is -2.38. The minimum Gasteiger partial charge on any atom is -0.471 e. The molecule has 2 aliphatic rings. The molecule has 0 radical (unpaired) electrons. The van der Waals surface area contributed by atoms with Gasteiger partial charge in [-0.2, -0.15) is 15.3 Å². The molecule has 2 saturated heterocycles. The van der Waals surface area contributed by atoms with Crippen LogP contribution in [0.2, 0.25) is 0 Å². The Morgan fingerprint density at radius 3 is 2.55 bits per heavy atom. The van der Waals surface area contributed by atoms with Gasteiger partial charge in [0.1, 0.15) is 11.4 Å². The monoisotopic (exact) mass is 534 g/mol. The summed E-state index contributed by atoms with van der Waals surface area (Å²) in [6.45, 7) is 5.31. The number of benzene rings is 1. The Hall–Kier alpha value is -3.64. The first-order valence-electron chi connectivity index (χ1n) is 12.7. The summed E-state index contributed by atoms with van der Waals surface area (Å²) < 4.78 is 30.1. The summed E-state index contributed by atoms with van der Waals surface area (Å²) in [6, 6.07) is 5.66. The van der Waals surface area contributed by atoms with Crippen molar-refractivity contribution in [2.75, 3.05) is 29.5 Å². The highest BCUT2D eigenvalue weighted by Crippen LogP contribution is 2.42. The molecular weight excluding hydrogens is 504 g/mol. The molecule has 0 bridgehead atoms. The number of piperidine rings is 1. The SMILES string of the molecule is Cc1cnnc(C)c1[C@@H](N)Oc1ccc2[nH]nc(-c3cnc(N4CCC5(CC4)CCS(=O)(=O)C5)nc3)c2c1. The average molecular weight is 535 g/mol. The van der Waals surface area contributed by atoms with Crippen molar-refractivity contribution in [3.8, 4) is 17.0 Å². The number of H-pyrrole nitrogens is 1. The zero-order chi connectivity index (χ0) is 26.5. The Kier molecular flexibility index (Phi) is 6.03. The van der Waals surface area contributed by atoms with E-state index in [4.69, 9.17) is 10.5 Å². The predicted molar refractivity (Wildman–Crippen MR) is 143 cm³/mol. The van der Waals surface area contributed by atoms with E-state index in [0.29, 0.717) is 23.2 Å². The van der Waals surface area contributed by atoms with Gasteiger partial charge in [0.15, 0.2) is 16.1 Å². The van der Waals surface area contributed by atoms with Crippen molar-refractivity contribution in [3.63, 3.8) is 0 Å². The number of ether oxygens (including phenoxy) is 1. The lowest BCUT2D eigenvalue weighted by Crippen LogP contribution is -2.41. The van der Waals surface area contributed by atoms with Crippen molar-refractivity contribution < 1.29 is 13.2 Å². The Morgan fingerprint density at radius 1 is 1.11 bits per heavy atom. The first-order chi connectivity index (χ1) is 18.2. The van der Waals surface area contributed by atoms with Gasteiger partial charge in [-0.15, -0.1) is 0 Å². The van der Waals surface area contributed by atoms with Gasteiger partial charge in [-0.25, -0.2) is 18.4 Å². The Morgan fingerprint density at radius 2 is 1.87 bits per heavy atom. The molecule has 0 aliphatic carbocycles. The predicted octanol–water partition coefficient (Wildman–Crippen LogP) is 2.87. The highest BCUT2D eigenvalue weighted by atomic mass is 32.2. The molecule has 38 heavy (non-hydrogen) atoms. The van der Waals surface area contributed by atoms with E-state index >= 15 is 0 Å². The number of nitrogens with one attached hydrogen (secondary N) is 1. The van der Waals surface area contributed by atoms with E-state index in [1.807, 2.05) is 32.0 Å². The van der Waals surface area contributed by atoms with Gasteiger partial charge < -0.3 is 9.64 Å². The van der Waals surface area contributed by atoms with Gasteiger partial charge in [0.25, 0.3) is 0 Å². The molecule has 2 fully saturated rings. The maximum absolute atomic E-state index is 12.0. The number of hydrogen-bond donors (Lipinski definition) is 2. The largest absolute Gasteiger partial charge is 0.471 e. The van der Waals surface area contributed by atoms with Gasteiger partial charge in [-0.1, -0.05) is 0 Å². The molecular formula is C26H30N8O3S. The summed E-state index contributed by atoms with van der Waals surface area (Å²) in [5.74, 6) is 1.89. The fraction of sp³-hybridized carbons (Fsp3) is 0.423. The topological polar surface area (TPSA) is 153 Å². The van der Waals surface area contributed by atoms with Crippen molar-refractivity contribution in [2.24, 2.45) is 11.1 Å². The third-order valence-corrected chi connectivity index (χ3v) is 9.72. The van der Waals surface area contributed by atoms with Crippen molar-refractivity contribution in [2.45, 2.75) is 39.3 Å². The van der Waals surface area contributed by atoms with Crippen LogP contribution in [-0.2, 0) is 9.84 Å². The molecule has 1 atom stereocenters. The minimum atomic E-state index is -2.89. The summed E-state index contributed by atoms with van der Waals surface area (Å²) >= 11 is 0. The van der Waals surface area contributed by atoms with Gasteiger partial charge >= 0.3 is 0 Å². The second-order valence-corrected chi connectivity index (χ2v) is 12.6. The van der Waals surface area contributed by atoms with E-state index in [0.717, 1.165) is 71.3 Å². The van der Waals surface area contributed by atoms with Gasteiger partial charge in [0.05, 0.1) is 28.9 Å². The number of aryl methyl sites for hydroxylation is 2. The molecule has 2 aliphatic heterocycles. The molecule has 3 aromatic heterocycles. The Balaban J connectivity index is 1.19. The van der Waals surface area contributed by atoms with Crippen LogP contribution in [-0.4, -0.2) is 63.4 Å². The van der Waals surface area contributed by atoms with Crippen LogP contribution in [0.15, 0.2) is 36.8 Å². The third kappa shape index (κ3) is 4.58. The number of aromatic nitrogens is 6. The molecule has 0 unspecified atom stereocenters. The van der Waals surface area contributed by atoms with Gasteiger partial charge in [0.2, 0.25) is 5.95 Å². The van der Waals surface area contributed by atoms with Crippen LogP contribution >= 0.6 is 0 Å². The molecule has 6 rings (SSSR count). The first kappa shape index (κ1) is 24.7. The third-order valence-electron chi connectivity index (χ3n) is 7.84. The zero-order valence-electron chi connectivity index (χ0n) is 21.4. The van der Waals surface area contributed by atoms with Gasteiger partial charge in [0, 0.05) is 42.0 Å². The lowest BCUT2D eigenvalue weighted by molar-refractivity contribution is 0.212. The van der Waals surface area contributed by atoms with Crippen LogP contribution in [0.25, 0.3) is 22.2 Å². The second-order valence-electron chi connectivity index (χ2n) is 10.4. The van der Waals surface area contributed by atoms with Crippen LogP contribution in [0.4, 0.5) is 5.95 Å². The smallest absolute Gasteiger partial charge is 0.225 e. The Labute approximate surface area is 220 Å². The van der Waals surface area contributed by atoms with Crippen molar-refractivity contribution >= 4 is 26.7 Å². The van der Waals surface area contributed by atoms with E-state index < -0.39 is 16.1 Å². The normalized spacial score (nSPS) is 19.2. The molecule has 198 valence electrons. The zero-order valence-corrected chi connectivity index (χ0v) is 22.2. The number of rotatable bonds is 5. The minimum absolute atomic E-state index is 0.0726. The first-order valence-corrected chi connectivity index (χ1v) is 14.5. The number of fused-ring (bicyclic) bond motifs is 1. The summed E-state index contributed by atoms with van der Waals surface area (Å²) in [4.78, 5) is 11.4.